The highest BCUT2D eigenvalue weighted by molar-refractivity contribution is 14.1. The van der Waals surface area contributed by atoms with E-state index in [0.29, 0.717) is 0 Å². The molecule has 2 aromatic heterocycles. The van der Waals surface area contributed by atoms with Crippen LogP contribution in [0.2, 0.25) is 0 Å². The summed E-state index contributed by atoms with van der Waals surface area (Å²) in [4.78, 5) is 4.08. The highest BCUT2D eigenvalue weighted by atomic mass is 127. The van der Waals surface area contributed by atoms with E-state index in [9.17, 15) is 0 Å². The Labute approximate surface area is 70.6 Å². The van der Waals surface area contributed by atoms with Gasteiger partial charge in [-0.15, -0.1) is 0 Å². The first-order chi connectivity index (χ1) is 4.88. The van der Waals surface area contributed by atoms with Gasteiger partial charge in [0, 0.05) is 28.8 Å². The molecule has 0 amide bonds. The van der Waals surface area contributed by atoms with Crippen LogP contribution < -0.4 is 0 Å². The molecule has 0 radical (unpaired) electrons. The Kier molecular flexibility index (Phi) is 1.33. The average molecular weight is 246 g/mol. The van der Waals surface area contributed by atoms with Crippen LogP contribution in [0.3, 0.4) is 0 Å². The van der Waals surface area contributed by atoms with Crippen molar-refractivity contribution in [3.63, 3.8) is 0 Å². The maximum absolute atomic E-state index is 4.89. The molecule has 0 atom stereocenters. The Morgan fingerprint density at radius 3 is 3.20 bits per heavy atom. The Bertz CT molecular complexity index is 357. The summed E-state index contributed by atoms with van der Waals surface area (Å²) >= 11 is 2.06. The van der Waals surface area contributed by atoms with Gasteiger partial charge in [-0.3, -0.25) is 0 Å². The zero-order valence-electron chi connectivity index (χ0n) is 4.91. The first-order valence-electron chi connectivity index (χ1n) is 2.74. The second kappa shape index (κ2) is 2.19. The number of aromatic nitrogens is 2. The molecular formula is C6H3IN2O. The van der Waals surface area contributed by atoms with Crippen molar-refractivity contribution < 1.29 is 4.52 Å². The molecule has 0 aliphatic rings. The van der Waals surface area contributed by atoms with Crippen LogP contribution in [0.5, 0.6) is 0 Å². The van der Waals surface area contributed by atoms with Gasteiger partial charge in [0.15, 0.2) is 0 Å². The number of halogens is 1. The molecule has 2 heterocycles. The van der Waals surface area contributed by atoms with E-state index in [4.69, 9.17) is 4.52 Å². The van der Waals surface area contributed by atoms with Gasteiger partial charge >= 0.3 is 0 Å². The van der Waals surface area contributed by atoms with Crippen molar-refractivity contribution in [2.24, 2.45) is 0 Å². The fourth-order valence-electron chi connectivity index (χ4n) is 0.754. The zero-order chi connectivity index (χ0) is 6.97. The standard InChI is InChI=1S/C6H3IN2O/c7-6-5-4(9-10-6)2-1-3-8-5/h1-3H. The number of rotatable bonds is 0. The van der Waals surface area contributed by atoms with Gasteiger partial charge in [0.05, 0.1) is 0 Å². The molecule has 0 N–H and O–H groups in total. The van der Waals surface area contributed by atoms with Crippen LogP contribution in [0, 0.1) is 3.77 Å². The maximum Gasteiger partial charge on any atom is 0.222 e. The second-order valence-electron chi connectivity index (χ2n) is 1.83. The van der Waals surface area contributed by atoms with Gasteiger partial charge in [-0.1, -0.05) is 5.16 Å². The monoisotopic (exact) mass is 246 g/mol. The molecule has 0 spiro atoms. The second-order valence-corrected chi connectivity index (χ2v) is 2.81. The fraction of sp³-hybridized carbons (Fsp3) is 0. The Morgan fingerprint density at radius 2 is 2.40 bits per heavy atom. The molecule has 4 heteroatoms. The van der Waals surface area contributed by atoms with E-state index in [1.807, 2.05) is 12.1 Å². The van der Waals surface area contributed by atoms with Crippen molar-refractivity contribution in [2.75, 3.05) is 0 Å². The van der Waals surface area contributed by atoms with Crippen LogP contribution in [-0.4, -0.2) is 10.1 Å². The lowest BCUT2D eigenvalue weighted by Gasteiger charge is -1.80. The lowest BCUT2D eigenvalue weighted by atomic mass is 10.4. The number of nitrogens with zero attached hydrogens (tertiary/aromatic N) is 2. The molecule has 0 saturated carbocycles. The molecule has 3 nitrogen and oxygen atoms in total. The Morgan fingerprint density at radius 1 is 1.50 bits per heavy atom. The lowest BCUT2D eigenvalue weighted by Crippen LogP contribution is -1.72. The van der Waals surface area contributed by atoms with Gasteiger partial charge in [0.25, 0.3) is 0 Å². The Hall–Kier alpha value is -0.650. The number of hydrogen-bond acceptors (Lipinski definition) is 3. The van der Waals surface area contributed by atoms with Gasteiger partial charge in [-0.05, 0) is 12.1 Å². The summed E-state index contributed by atoms with van der Waals surface area (Å²) in [6.45, 7) is 0. The largest absolute Gasteiger partial charge is 0.347 e. The molecule has 0 saturated heterocycles. The summed E-state index contributed by atoms with van der Waals surface area (Å²) < 4.78 is 5.63. The smallest absolute Gasteiger partial charge is 0.222 e. The third-order valence-corrected chi connectivity index (χ3v) is 1.90. The van der Waals surface area contributed by atoms with E-state index >= 15 is 0 Å². The molecule has 0 fully saturated rings. The highest BCUT2D eigenvalue weighted by Gasteiger charge is 2.02. The molecular weight excluding hydrogens is 243 g/mol. The van der Waals surface area contributed by atoms with Gasteiger partial charge in [-0.25, -0.2) is 4.98 Å². The van der Waals surface area contributed by atoms with Crippen molar-refractivity contribution >= 4 is 33.6 Å². The van der Waals surface area contributed by atoms with Crippen LogP contribution in [0.25, 0.3) is 11.0 Å². The minimum atomic E-state index is 0.744. The van der Waals surface area contributed by atoms with Crippen molar-refractivity contribution in [1.82, 2.24) is 10.1 Å². The van der Waals surface area contributed by atoms with Gasteiger partial charge in [0.2, 0.25) is 3.77 Å². The summed E-state index contributed by atoms with van der Waals surface area (Å²) in [5.41, 5.74) is 1.65. The molecule has 10 heavy (non-hydrogen) atoms. The molecule has 0 aromatic carbocycles. The summed E-state index contributed by atoms with van der Waals surface area (Å²) in [5, 5.41) is 3.77. The predicted molar refractivity (Wildman–Crippen MR) is 44.5 cm³/mol. The van der Waals surface area contributed by atoms with E-state index in [0.717, 1.165) is 14.8 Å². The van der Waals surface area contributed by atoms with Crippen molar-refractivity contribution in [1.29, 1.82) is 0 Å². The Balaban J connectivity index is 2.93. The highest BCUT2D eigenvalue weighted by Crippen LogP contribution is 2.15. The van der Waals surface area contributed by atoms with Gasteiger partial charge in [-0.2, -0.15) is 0 Å². The van der Waals surface area contributed by atoms with Crippen molar-refractivity contribution in [3.05, 3.63) is 22.1 Å². The number of fused-ring (bicyclic) bond motifs is 1. The van der Waals surface area contributed by atoms with E-state index in [1.165, 1.54) is 0 Å². The molecule has 2 rings (SSSR count). The molecule has 50 valence electrons. The van der Waals surface area contributed by atoms with Crippen molar-refractivity contribution in [2.45, 2.75) is 0 Å². The lowest BCUT2D eigenvalue weighted by molar-refractivity contribution is 0.405. The molecule has 0 aliphatic heterocycles. The normalized spacial score (nSPS) is 10.5. The fourth-order valence-corrected chi connectivity index (χ4v) is 1.27. The predicted octanol–water partition coefficient (Wildman–Crippen LogP) is 1.83. The molecule has 2 aromatic rings. The molecule has 0 unspecified atom stereocenters. The third-order valence-electron chi connectivity index (χ3n) is 1.20. The third kappa shape index (κ3) is 0.792. The minimum Gasteiger partial charge on any atom is -0.347 e. The quantitative estimate of drug-likeness (QED) is 0.665. The summed E-state index contributed by atoms with van der Waals surface area (Å²) in [7, 11) is 0. The maximum atomic E-state index is 4.89. The summed E-state index contributed by atoms with van der Waals surface area (Å²) in [6.07, 6.45) is 1.72. The van der Waals surface area contributed by atoms with E-state index in [-0.39, 0.29) is 0 Å². The van der Waals surface area contributed by atoms with Crippen molar-refractivity contribution in [3.8, 4) is 0 Å². The summed E-state index contributed by atoms with van der Waals surface area (Å²) in [6, 6.07) is 3.70. The SMILES string of the molecule is Ic1onc2cccnc12. The topological polar surface area (TPSA) is 38.9 Å². The van der Waals surface area contributed by atoms with Crippen LogP contribution in [0.15, 0.2) is 22.9 Å². The van der Waals surface area contributed by atoms with Crippen LogP contribution in [0.4, 0.5) is 0 Å². The zero-order valence-corrected chi connectivity index (χ0v) is 7.07. The summed E-state index contributed by atoms with van der Waals surface area (Å²) in [5.74, 6) is 0. The first-order valence-corrected chi connectivity index (χ1v) is 3.82. The first kappa shape index (κ1) is 6.09. The van der Waals surface area contributed by atoms with Crippen LogP contribution in [-0.2, 0) is 0 Å². The number of pyridine rings is 1. The van der Waals surface area contributed by atoms with Gasteiger partial charge < -0.3 is 4.52 Å². The minimum absolute atomic E-state index is 0.744. The van der Waals surface area contributed by atoms with E-state index < -0.39 is 0 Å². The number of hydrogen-bond donors (Lipinski definition) is 0. The molecule has 0 bridgehead atoms. The van der Waals surface area contributed by atoms with Gasteiger partial charge in [0.1, 0.15) is 11.0 Å². The van der Waals surface area contributed by atoms with E-state index in [1.54, 1.807) is 6.20 Å². The van der Waals surface area contributed by atoms with Crippen LogP contribution in [0.1, 0.15) is 0 Å². The molecule has 0 aliphatic carbocycles. The average Bonchev–Trinajstić information content (AvgIpc) is 2.34. The van der Waals surface area contributed by atoms with Crippen LogP contribution >= 0.6 is 22.6 Å². The van der Waals surface area contributed by atoms with E-state index in [2.05, 4.69) is 32.7 Å².